The van der Waals surface area contributed by atoms with Crippen LogP contribution in [0, 0.1) is 0 Å². The molecule has 0 amide bonds. The maximum absolute atomic E-state index is 12.4. The highest BCUT2D eigenvalue weighted by Gasteiger charge is 2.09. The van der Waals surface area contributed by atoms with E-state index in [4.69, 9.17) is 0 Å². The minimum absolute atomic E-state index is 0.266. The molecule has 2 aromatic heterocycles. The second-order valence-corrected chi connectivity index (χ2v) is 5.37. The first kappa shape index (κ1) is 15.1. The summed E-state index contributed by atoms with van der Waals surface area (Å²) in [6, 6.07) is 12.9. The second kappa shape index (κ2) is 6.97. The van der Waals surface area contributed by atoms with Gasteiger partial charge in [0.25, 0.3) is 5.56 Å². The molecule has 1 aromatic carbocycles. The van der Waals surface area contributed by atoms with Gasteiger partial charge in [0.15, 0.2) is 0 Å². The van der Waals surface area contributed by atoms with Gasteiger partial charge in [0.2, 0.25) is 0 Å². The van der Waals surface area contributed by atoms with E-state index in [2.05, 4.69) is 36.5 Å². The van der Waals surface area contributed by atoms with Crippen molar-refractivity contribution in [1.29, 1.82) is 0 Å². The van der Waals surface area contributed by atoms with E-state index in [1.807, 2.05) is 42.5 Å². The van der Waals surface area contributed by atoms with Crippen LogP contribution in [0.2, 0.25) is 0 Å². The van der Waals surface area contributed by atoms with Crippen molar-refractivity contribution in [3.05, 3.63) is 81.4 Å². The van der Waals surface area contributed by atoms with Gasteiger partial charge in [-0.25, -0.2) is 0 Å². The van der Waals surface area contributed by atoms with Gasteiger partial charge in [-0.05, 0) is 34.1 Å². The maximum atomic E-state index is 12.4. The molecule has 0 radical (unpaired) electrons. The first-order valence-electron chi connectivity index (χ1n) is 6.78. The van der Waals surface area contributed by atoms with Crippen molar-refractivity contribution in [2.45, 2.75) is 0 Å². The van der Waals surface area contributed by atoms with Crippen molar-refractivity contribution in [3.63, 3.8) is 0 Å². The Balaban J connectivity index is 1.84. The van der Waals surface area contributed by atoms with E-state index in [0.717, 1.165) is 5.56 Å². The van der Waals surface area contributed by atoms with Crippen molar-refractivity contribution >= 4 is 27.8 Å². The summed E-state index contributed by atoms with van der Waals surface area (Å²) in [5, 5.41) is 8.24. The summed E-state index contributed by atoms with van der Waals surface area (Å²) in [5.41, 5.74) is 4.57. The highest BCUT2D eigenvalue weighted by Crippen LogP contribution is 2.17. The molecule has 0 saturated carbocycles. The Morgan fingerprint density at radius 2 is 1.96 bits per heavy atom. The van der Waals surface area contributed by atoms with E-state index in [-0.39, 0.29) is 5.56 Å². The average molecular weight is 370 g/mol. The van der Waals surface area contributed by atoms with E-state index in [1.165, 1.54) is 4.68 Å². The Kier molecular flexibility index (Phi) is 4.58. The zero-order valence-corrected chi connectivity index (χ0v) is 13.5. The number of para-hydroxylation sites is 1. The molecule has 0 atom stereocenters. The molecule has 0 unspecified atom stereocenters. The van der Waals surface area contributed by atoms with Crippen LogP contribution < -0.4 is 11.0 Å². The van der Waals surface area contributed by atoms with E-state index in [1.54, 1.807) is 24.8 Å². The van der Waals surface area contributed by atoms with Gasteiger partial charge in [0, 0.05) is 18.0 Å². The van der Waals surface area contributed by atoms with Gasteiger partial charge in [-0.15, -0.1) is 0 Å². The van der Waals surface area contributed by atoms with Crippen LogP contribution >= 0.6 is 15.9 Å². The Morgan fingerprint density at radius 1 is 1.13 bits per heavy atom. The lowest BCUT2D eigenvalue weighted by Gasteiger charge is -2.07. The zero-order chi connectivity index (χ0) is 16.1. The number of hydrogen-bond donors (Lipinski definition) is 1. The van der Waals surface area contributed by atoms with Crippen LogP contribution in [-0.2, 0) is 0 Å². The summed E-state index contributed by atoms with van der Waals surface area (Å²) in [7, 11) is 0. The Bertz CT molecular complexity index is 878. The topological polar surface area (TPSA) is 72.2 Å². The summed E-state index contributed by atoms with van der Waals surface area (Å²) in [6.07, 6.45) is 6.53. The standard InChI is InChI=1S/C16H12BrN5O/c17-15-14(21-19-10-12-5-4-8-18-9-12)11-20-22(16(15)23)13-6-2-1-3-7-13/h1-11,21H/b19-10+. The highest BCUT2D eigenvalue weighted by atomic mass is 79.9. The highest BCUT2D eigenvalue weighted by molar-refractivity contribution is 9.10. The third kappa shape index (κ3) is 3.51. The first-order valence-corrected chi connectivity index (χ1v) is 7.57. The molecule has 0 aliphatic carbocycles. The molecule has 2 heterocycles. The van der Waals surface area contributed by atoms with Crippen LogP contribution in [0.5, 0.6) is 0 Å². The molecule has 114 valence electrons. The summed E-state index contributed by atoms with van der Waals surface area (Å²) in [5.74, 6) is 0. The second-order valence-electron chi connectivity index (χ2n) is 4.58. The normalized spacial score (nSPS) is 10.8. The molecule has 0 aliphatic heterocycles. The molecule has 0 spiro atoms. The molecule has 0 saturated heterocycles. The fourth-order valence-electron chi connectivity index (χ4n) is 1.89. The third-order valence-electron chi connectivity index (χ3n) is 3.00. The van der Waals surface area contributed by atoms with Crippen LogP contribution in [0.1, 0.15) is 5.56 Å². The van der Waals surface area contributed by atoms with E-state index in [0.29, 0.717) is 15.8 Å². The predicted octanol–water partition coefficient (Wildman–Crippen LogP) is 2.84. The maximum Gasteiger partial charge on any atom is 0.287 e. The van der Waals surface area contributed by atoms with Gasteiger partial charge >= 0.3 is 0 Å². The Labute approximate surface area is 140 Å². The molecule has 0 aliphatic rings. The first-order chi connectivity index (χ1) is 11.3. The number of aromatic nitrogens is 3. The largest absolute Gasteiger partial charge is 0.287 e. The SMILES string of the molecule is O=c1c(Br)c(N/N=C/c2cccnc2)cnn1-c1ccccc1. The van der Waals surface area contributed by atoms with Crippen molar-refractivity contribution in [2.24, 2.45) is 5.10 Å². The van der Waals surface area contributed by atoms with Crippen LogP contribution in [0.15, 0.2) is 75.4 Å². The molecule has 1 N–H and O–H groups in total. The summed E-state index contributed by atoms with van der Waals surface area (Å²) < 4.78 is 1.68. The van der Waals surface area contributed by atoms with E-state index < -0.39 is 0 Å². The fourth-order valence-corrected chi connectivity index (χ4v) is 2.25. The zero-order valence-electron chi connectivity index (χ0n) is 11.9. The van der Waals surface area contributed by atoms with Crippen molar-refractivity contribution in [3.8, 4) is 5.69 Å². The predicted molar refractivity (Wildman–Crippen MR) is 93.0 cm³/mol. The Morgan fingerprint density at radius 3 is 2.70 bits per heavy atom. The number of hydrogen-bond acceptors (Lipinski definition) is 5. The van der Waals surface area contributed by atoms with Crippen LogP contribution in [0.3, 0.4) is 0 Å². The van der Waals surface area contributed by atoms with Gasteiger partial charge in [0.1, 0.15) is 4.47 Å². The smallest absolute Gasteiger partial charge is 0.275 e. The minimum atomic E-state index is -0.266. The van der Waals surface area contributed by atoms with E-state index >= 15 is 0 Å². The monoisotopic (exact) mass is 369 g/mol. The molecule has 7 heteroatoms. The number of anilines is 1. The number of halogens is 1. The van der Waals surface area contributed by atoms with Crippen molar-refractivity contribution < 1.29 is 0 Å². The average Bonchev–Trinajstić information content (AvgIpc) is 2.60. The number of rotatable bonds is 4. The van der Waals surface area contributed by atoms with Gasteiger partial charge in [-0.1, -0.05) is 24.3 Å². The molecule has 23 heavy (non-hydrogen) atoms. The lowest BCUT2D eigenvalue weighted by molar-refractivity contribution is 0.801. The lowest BCUT2D eigenvalue weighted by atomic mass is 10.3. The third-order valence-corrected chi connectivity index (χ3v) is 3.77. The van der Waals surface area contributed by atoms with Crippen molar-refractivity contribution in [2.75, 3.05) is 5.43 Å². The van der Waals surface area contributed by atoms with Crippen molar-refractivity contribution in [1.82, 2.24) is 14.8 Å². The number of nitrogens with one attached hydrogen (secondary N) is 1. The van der Waals surface area contributed by atoms with E-state index in [9.17, 15) is 4.79 Å². The quantitative estimate of drug-likeness (QED) is 0.566. The molecule has 0 bridgehead atoms. The molecule has 0 fully saturated rings. The van der Waals surface area contributed by atoms with Crippen LogP contribution in [-0.4, -0.2) is 21.0 Å². The van der Waals surface area contributed by atoms with Gasteiger partial charge in [0.05, 0.1) is 23.8 Å². The number of nitrogens with zero attached hydrogens (tertiary/aromatic N) is 4. The summed E-state index contributed by atoms with van der Waals surface area (Å²) in [4.78, 5) is 16.4. The fraction of sp³-hybridized carbons (Fsp3) is 0. The van der Waals surface area contributed by atoms with Crippen LogP contribution in [0.25, 0.3) is 5.69 Å². The molecular formula is C16H12BrN5O. The number of benzene rings is 1. The van der Waals surface area contributed by atoms with Gasteiger partial charge < -0.3 is 0 Å². The lowest BCUT2D eigenvalue weighted by Crippen LogP contribution is -2.22. The minimum Gasteiger partial charge on any atom is -0.275 e. The number of pyridine rings is 1. The molecule has 3 rings (SSSR count). The number of hydrazone groups is 1. The summed E-state index contributed by atoms with van der Waals surface area (Å²) in [6.45, 7) is 0. The van der Waals surface area contributed by atoms with Gasteiger partial charge in [-0.2, -0.15) is 14.9 Å². The summed E-state index contributed by atoms with van der Waals surface area (Å²) >= 11 is 3.29. The van der Waals surface area contributed by atoms with Crippen LogP contribution in [0.4, 0.5) is 5.69 Å². The Hall–Kier alpha value is -2.80. The molecule has 3 aromatic rings. The molecule has 6 nitrogen and oxygen atoms in total. The molecular weight excluding hydrogens is 358 g/mol. The van der Waals surface area contributed by atoms with Gasteiger partial charge in [-0.3, -0.25) is 15.2 Å².